The van der Waals surface area contributed by atoms with Crippen molar-refractivity contribution < 1.29 is 9.18 Å². The average Bonchev–Trinajstić information content (AvgIpc) is 3.24. The molecule has 0 spiro atoms. The fraction of sp³-hybridized carbons (Fsp3) is 0.300. The summed E-state index contributed by atoms with van der Waals surface area (Å²) in [6, 6.07) is 11.3. The van der Waals surface area contributed by atoms with Gasteiger partial charge in [-0.3, -0.25) is 9.69 Å². The first kappa shape index (κ1) is 25.6. The van der Waals surface area contributed by atoms with Gasteiger partial charge in [0.1, 0.15) is 17.3 Å². The average molecular weight is 513 g/mol. The largest absolute Gasteiger partial charge is 0.384 e. The van der Waals surface area contributed by atoms with Crippen molar-refractivity contribution in [2.45, 2.75) is 26.3 Å². The Balaban J connectivity index is 1.41. The molecule has 1 amide bonds. The van der Waals surface area contributed by atoms with Crippen molar-refractivity contribution in [2.24, 2.45) is 7.05 Å². The molecule has 0 fully saturated rings. The van der Waals surface area contributed by atoms with E-state index in [4.69, 9.17) is 5.73 Å². The molecule has 0 aliphatic carbocycles. The van der Waals surface area contributed by atoms with E-state index < -0.39 is 0 Å². The van der Waals surface area contributed by atoms with Gasteiger partial charge in [-0.1, -0.05) is 6.08 Å². The number of carbonyl (C=O) groups excluding carboxylic acids is 1. The number of aromatic nitrogens is 3. The summed E-state index contributed by atoms with van der Waals surface area (Å²) in [7, 11) is 5.39. The molecule has 38 heavy (non-hydrogen) atoms. The Bertz CT molecular complexity index is 1530. The van der Waals surface area contributed by atoms with Crippen molar-refractivity contribution in [1.82, 2.24) is 24.3 Å². The third kappa shape index (κ3) is 4.56. The smallest absolute Gasteiger partial charge is 0.253 e. The number of hydrogen-bond acceptors (Lipinski definition) is 5. The van der Waals surface area contributed by atoms with Gasteiger partial charge in [0, 0.05) is 80.4 Å². The third-order valence-electron chi connectivity index (χ3n) is 7.54. The van der Waals surface area contributed by atoms with Crippen molar-refractivity contribution in [3.05, 3.63) is 83.1 Å². The van der Waals surface area contributed by atoms with E-state index in [1.807, 2.05) is 38.4 Å². The quantitative estimate of drug-likeness (QED) is 0.397. The van der Waals surface area contributed by atoms with E-state index in [1.54, 1.807) is 26.4 Å². The number of hydrogen-bond donors (Lipinski definition) is 1. The molecule has 1 atom stereocenters. The Morgan fingerprint density at radius 2 is 1.95 bits per heavy atom. The van der Waals surface area contributed by atoms with Gasteiger partial charge < -0.3 is 15.2 Å². The molecule has 1 aliphatic heterocycles. The number of amides is 1. The Morgan fingerprint density at radius 3 is 2.58 bits per heavy atom. The normalized spacial score (nSPS) is 14.9. The van der Waals surface area contributed by atoms with E-state index in [0.717, 1.165) is 52.0 Å². The summed E-state index contributed by atoms with van der Waals surface area (Å²) in [6.07, 6.45) is 6.47. The van der Waals surface area contributed by atoms with Crippen molar-refractivity contribution in [3.8, 4) is 11.1 Å². The van der Waals surface area contributed by atoms with Crippen molar-refractivity contribution in [1.29, 1.82) is 0 Å². The summed E-state index contributed by atoms with van der Waals surface area (Å²) >= 11 is 0. The second kappa shape index (κ2) is 10.0. The standard InChI is InChI=1S/C30H33FN6O/c1-18-14-22(30(38)35(3)4)15-25(31)28(18)20-9-12-37(13-10-20)19(2)26-16-24-23(8-11-33-29(24)36(26)5)21-6-7-27(32)34-17-21/h6-9,11,14-17,19H,10,12-13H2,1-5H3,(H2,32,34). The lowest BCUT2D eigenvalue weighted by Gasteiger charge is -2.32. The maximum Gasteiger partial charge on any atom is 0.253 e. The number of pyridine rings is 2. The number of nitrogens with zero attached hydrogens (tertiary/aromatic N) is 5. The van der Waals surface area contributed by atoms with Crippen LogP contribution >= 0.6 is 0 Å². The third-order valence-corrected chi connectivity index (χ3v) is 7.54. The van der Waals surface area contributed by atoms with Gasteiger partial charge in [0.05, 0.1) is 0 Å². The zero-order chi connectivity index (χ0) is 27.1. The molecule has 0 saturated carbocycles. The number of fused-ring (bicyclic) bond motifs is 1. The molecule has 196 valence electrons. The lowest BCUT2D eigenvalue weighted by molar-refractivity contribution is 0.0827. The number of nitrogen functional groups attached to an aromatic ring is 1. The minimum atomic E-state index is -0.340. The molecule has 1 aliphatic rings. The van der Waals surface area contributed by atoms with E-state index >= 15 is 4.39 Å². The van der Waals surface area contributed by atoms with Crippen LogP contribution in [0.15, 0.2) is 54.9 Å². The topological polar surface area (TPSA) is 80.3 Å². The SMILES string of the molecule is Cc1cc(C(=O)N(C)C)cc(F)c1C1=CCN(C(C)c2cc3c(-c4ccc(N)nc4)ccnc3n2C)CC1. The van der Waals surface area contributed by atoms with Crippen LogP contribution in [0.1, 0.15) is 46.6 Å². The lowest BCUT2D eigenvalue weighted by atomic mass is 9.92. The van der Waals surface area contributed by atoms with E-state index in [2.05, 4.69) is 38.5 Å². The number of anilines is 1. The number of carbonyl (C=O) groups is 1. The summed E-state index contributed by atoms with van der Waals surface area (Å²) in [4.78, 5) is 25.1. The molecule has 1 unspecified atom stereocenters. The van der Waals surface area contributed by atoms with E-state index in [1.165, 1.54) is 11.0 Å². The van der Waals surface area contributed by atoms with Crippen LogP contribution in [0.25, 0.3) is 27.7 Å². The van der Waals surface area contributed by atoms with Crippen molar-refractivity contribution in [3.63, 3.8) is 0 Å². The van der Waals surface area contributed by atoms with Gasteiger partial charge in [-0.25, -0.2) is 14.4 Å². The zero-order valence-electron chi connectivity index (χ0n) is 22.5. The second-order valence-electron chi connectivity index (χ2n) is 10.2. The first-order valence-electron chi connectivity index (χ1n) is 12.8. The molecule has 2 N–H and O–H groups in total. The molecule has 1 aromatic carbocycles. The number of rotatable bonds is 5. The van der Waals surface area contributed by atoms with Crippen LogP contribution in [0.3, 0.4) is 0 Å². The number of nitrogens with two attached hydrogens (primary N) is 1. The zero-order valence-corrected chi connectivity index (χ0v) is 22.5. The van der Waals surface area contributed by atoms with Gasteiger partial charge in [0.15, 0.2) is 0 Å². The van der Waals surface area contributed by atoms with Gasteiger partial charge in [-0.15, -0.1) is 0 Å². The monoisotopic (exact) mass is 512 g/mol. The van der Waals surface area contributed by atoms with E-state index in [0.29, 0.717) is 23.5 Å². The minimum Gasteiger partial charge on any atom is -0.384 e. The van der Waals surface area contributed by atoms with Crippen LogP contribution in [-0.4, -0.2) is 57.4 Å². The fourth-order valence-corrected chi connectivity index (χ4v) is 5.44. The summed E-state index contributed by atoms with van der Waals surface area (Å²) in [5.41, 5.74) is 12.7. The Kier molecular flexibility index (Phi) is 6.75. The van der Waals surface area contributed by atoms with Crippen LogP contribution < -0.4 is 5.73 Å². The molecule has 4 heterocycles. The fourth-order valence-electron chi connectivity index (χ4n) is 5.44. The maximum absolute atomic E-state index is 15.2. The van der Waals surface area contributed by atoms with Crippen molar-refractivity contribution >= 4 is 28.3 Å². The molecule has 0 saturated heterocycles. The molecule has 0 bridgehead atoms. The van der Waals surface area contributed by atoms with Crippen LogP contribution in [0.2, 0.25) is 0 Å². The van der Waals surface area contributed by atoms with Crippen LogP contribution in [0.4, 0.5) is 10.2 Å². The lowest BCUT2D eigenvalue weighted by Crippen LogP contribution is -2.32. The molecule has 4 aromatic rings. The summed E-state index contributed by atoms with van der Waals surface area (Å²) in [5.74, 6) is -0.0455. The molecule has 7 nitrogen and oxygen atoms in total. The summed E-state index contributed by atoms with van der Waals surface area (Å²) in [5, 5.41) is 1.07. The first-order valence-corrected chi connectivity index (χ1v) is 12.8. The minimum absolute atomic E-state index is 0.135. The molecular weight excluding hydrogens is 479 g/mol. The maximum atomic E-state index is 15.2. The highest BCUT2D eigenvalue weighted by atomic mass is 19.1. The predicted octanol–water partition coefficient (Wildman–Crippen LogP) is 5.22. The Hall–Kier alpha value is -4.04. The van der Waals surface area contributed by atoms with Gasteiger partial charge >= 0.3 is 0 Å². The number of benzene rings is 1. The van der Waals surface area contributed by atoms with Crippen LogP contribution in [0, 0.1) is 12.7 Å². The summed E-state index contributed by atoms with van der Waals surface area (Å²) in [6.45, 7) is 5.58. The predicted molar refractivity (Wildman–Crippen MR) is 150 cm³/mol. The highest BCUT2D eigenvalue weighted by molar-refractivity contribution is 5.95. The van der Waals surface area contributed by atoms with Crippen molar-refractivity contribution in [2.75, 3.05) is 32.9 Å². The number of halogens is 1. The van der Waals surface area contributed by atoms with Gasteiger partial charge in [-0.05, 0) is 73.4 Å². The summed E-state index contributed by atoms with van der Waals surface area (Å²) < 4.78 is 17.3. The molecule has 3 aromatic heterocycles. The van der Waals surface area contributed by atoms with Gasteiger partial charge in [0.25, 0.3) is 5.91 Å². The van der Waals surface area contributed by atoms with E-state index in [9.17, 15) is 4.79 Å². The Morgan fingerprint density at radius 1 is 1.16 bits per heavy atom. The first-order chi connectivity index (χ1) is 18.2. The Labute approximate surface area is 222 Å². The molecule has 8 heteroatoms. The van der Waals surface area contributed by atoms with E-state index in [-0.39, 0.29) is 17.8 Å². The molecule has 0 radical (unpaired) electrons. The van der Waals surface area contributed by atoms with Crippen LogP contribution in [0.5, 0.6) is 0 Å². The highest BCUT2D eigenvalue weighted by Crippen LogP contribution is 2.35. The van der Waals surface area contributed by atoms with Gasteiger partial charge in [-0.2, -0.15) is 0 Å². The molecule has 5 rings (SSSR count). The molecular formula is C30H33FN6O. The highest BCUT2D eigenvalue weighted by Gasteiger charge is 2.25. The van der Waals surface area contributed by atoms with Crippen LogP contribution in [-0.2, 0) is 7.05 Å². The second-order valence-corrected chi connectivity index (χ2v) is 10.2. The van der Waals surface area contributed by atoms with Gasteiger partial charge in [0.2, 0.25) is 0 Å². The number of aryl methyl sites for hydroxylation is 2.